The van der Waals surface area contributed by atoms with Crippen LogP contribution in [-0.2, 0) is 0 Å². The Kier molecular flexibility index (Phi) is 6.47. The molecule has 1 aliphatic heterocycles. The Bertz CT molecular complexity index is 583. The van der Waals surface area contributed by atoms with Gasteiger partial charge < -0.3 is 21.1 Å². The van der Waals surface area contributed by atoms with E-state index in [-0.39, 0.29) is 6.61 Å². The van der Waals surface area contributed by atoms with Crippen molar-refractivity contribution >= 4 is 17.3 Å². The molecular formula is C18H30N6O. The van der Waals surface area contributed by atoms with Gasteiger partial charge in [0.25, 0.3) is 0 Å². The summed E-state index contributed by atoms with van der Waals surface area (Å²) in [5, 5.41) is 12.4. The highest BCUT2D eigenvalue weighted by Gasteiger charge is 2.20. The molecule has 3 rings (SSSR count). The molecule has 7 heteroatoms. The number of nitrogens with one attached hydrogen (secondary N) is 1. The van der Waals surface area contributed by atoms with Gasteiger partial charge in [0.05, 0.1) is 6.61 Å². The number of nitrogens with two attached hydrogens (primary N) is 1. The summed E-state index contributed by atoms with van der Waals surface area (Å²) in [4.78, 5) is 13.2. The van der Waals surface area contributed by atoms with Gasteiger partial charge in [-0.3, -0.25) is 4.90 Å². The van der Waals surface area contributed by atoms with Gasteiger partial charge in [-0.25, -0.2) is 9.97 Å². The van der Waals surface area contributed by atoms with Gasteiger partial charge in [-0.1, -0.05) is 11.6 Å². The first-order valence-corrected chi connectivity index (χ1v) is 9.38. The van der Waals surface area contributed by atoms with Crippen LogP contribution in [0.1, 0.15) is 32.1 Å². The molecule has 0 amide bonds. The van der Waals surface area contributed by atoms with Gasteiger partial charge in [0.2, 0.25) is 0 Å². The van der Waals surface area contributed by atoms with Crippen LogP contribution in [-0.4, -0.2) is 65.8 Å². The first-order valence-electron chi connectivity index (χ1n) is 9.38. The van der Waals surface area contributed by atoms with Gasteiger partial charge in [-0.05, 0) is 32.1 Å². The first kappa shape index (κ1) is 17.9. The van der Waals surface area contributed by atoms with Crippen LogP contribution in [0.3, 0.4) is 0 Å². The lowest BCUT2D eigenvalue weighted by Crippen LogP contribution is -2.47. The molecule has 0 saturated carbocycles. The van der Waals surface area contributed by atoms with Crippen molar-refractivity contribution in [2.24, 2.45) is 0 Å². The number of aromatic nitrogens is 2. The van der Waals surface area contributed by atoms with Crippen molar-refractivity contribution in [2.45, 2.75) is 32.1 Å². The molecule has 0 aromatic carbocycles. The zero-order valence-electron chi connectivity index (χ0n) is 15.0. The molecular weight excluding hydrogens is 316 g/mol. The number of hydrogen-bond donors (Lipinski definition) is 3. The van der Waals surface area contributed by atoms with Crippen molar-refractivity contribution in [2.75, 3.05) is 61.8 Å². The fraction of sp³-hybridized carbons (Fsp3) is 0.667. The third-order valence-electron chi connectivity index (χ3n) is 5.07. The number of allylic oxidation sites excluding steroid dienone is 1. The minimum atomic E-state index is 0.208. The van der Waals surface area contributed by atoms with Crippen LogP contribution < -0.4 is 16.0 Å². The Morgan fingerprint density at radius 3 is 2.72 bits per heavy atom. The average Bonchev–Trinajstić information content (AvgIpc) is 2.65. The van der Waals surface area contributed by atoms with Gasteiger partial charge in [0.15, 0.2) is 11.6 Å². The van der Waals surface area contributed by atoms with E-state index in [0.717, 1.165) is 57.3 Å². The van der Waals surface area contributed by atoms with Crippen molar-refractivity contribution in [3.05, 3.63) is 18.0 Å². The Balaban J connectivity index is 1.55. The Hall–Kier alpha value is -1.86. The number of rotatable bonds is 7. The number of aliphatic hydroxyl groups is 1. The van der Waals surface area contributed by atoms with Crippen LogP contribution in [0.4, 0.5) is 17.3 Å². The highest BCUT2D eigenvalue weighted by molar-refractivity contribution is 5.75. The lowest BCUT2D eigenvalue weighted by Gasteiger charge is -2.35. The number of aliphatic hydroxyl groups excluding tert-OH is 1. The molecule has 2 aliphatic rings. The van der Waals surface area contributed by atoms with E-state index in [4.69, 9.17) is 10.8 Å². The number of β-amino-alcohol motifs (C(OH)–C–C–N with tert-alkyl or cyclic N) is 1. The average molecular weight is 346 g/mol. The zero-order valence-corrected chi connectivity index (χ0v) is 15.0. The Morgan fingerprint density at radius 2 is 2.00 bits per heavy atom. The molecule has 0 radical (unpaired) electrons. The largest absolute Gasteiger partial charge is 0.395 e. The molecule has 138 valence electrons. The summed E-state index contributed by atoms with van der Waals surface area (Å²) in [6, 6.07) is 0. The third kappa shape index (κ3) is 4.83. The summed E-state index contributed by atoms with van der Waals surface area (Å²) in [7, 11) is 0. The minimum absolute atomic E-state index is 0.208. The first-order chi connectivity index (χ1) is 12.3. The summed E-state index contributed by atoms with van der Waals surface area (Å²) in [5.41, 5.74) is 8.51. The number of piperazine rings is 1. The summed E-state index contributed by atoms with van der Waals surface area (Å²) in [6.07, 6.45) is 10.1. The SMILES string of the molecule is Nc1c(NCCC2=CCCCC2)ncnc1N1CCN(CCO)CC1. The molecule has 0 atom stereocenters. The van der Waals surface area contributed by atoms with Crippen LogP contribution in [0.25, 0.3) is 0 Å². The molecule has 25 heavy (non-hydrogen) atoms. The minimum Gasteiger partial charge on any atom is -0.395 e. The molecule has 4 N–H and O–H groups in total. The summed E-state index contributed by atoms with van der Waals surface area (Å²) in [5.74, 6) is 1.55. The van der Waals surface area contributed by atoms with Crippen molar-refractivity contribution in [1.29, 1.82) is 0 Å². The van der Waals surface area contributed by atoms with E-state index in [1.807, 2.05) is 0 Å². The van der Waals surface area contributed by atoms with Gasteiger partial charge in [0.1, 0.15) is 12.0 Å². The molecule has 1 fully saturated rings. The molecule has 1 saturated heterocycles. The smallest absolute Gasteiger partial charge is 0.157 e. The van der Waals surface area contributed by atoms with Crippen LogP contribution in [0.15, 0.2) is 18.0 Å². The van der Waals surface area contributed by atoms with Crippen LogP contribution in [0, 0.1) is 0 Å². The van der Waals surface area contributed by atoms with E-state index in [9.17, 15) is 0 Å². The quantitative estimate of drug-likeness (QED) is 0.644. The van der Waals surface area contributed by atoms with Gasteiger partial charge in [-0.2, -0.15) is 0 Å². The predicted octanol–water partition coefficient (Wildman–Crippen LogP) is 1.48. The topological polar surface area (TPSA) is 90.5 Å². The molecule has 0 bridgehead atoms. The van der Waals surface area contributed by atoms with Gasteiger partial charge in [0, 0.05) is 39.3 Å². The van der Waals surface area contributed by atoms with E-state index >= 15 is 0 Å². The normalized spacial score (nSPS) is 18.9. The third-order valence-corrected chi connectivity index (χ3v) is 5.07. The maximum atomic E-state index is 9.05. The van der Waals surface area contributed by atoms with Crippen LogP contribution >= 0.6 is 0 Å². The Morgan fingerprint density at radius 1 is 1.16 bits per heavy atom. The fourth-order valence-electron chi connectivity index (χ4n) is 3.58. The number of nitrogen functional groups attached to an aromatic ring is 1. The standard InChI is InChI=1S/C18H30N6O/c19-16-17(20-7-6-15-4-2-1-3-5-15)21-14-22-18(16)24-10-8-23(9-11-24)12-13-25/h4,14,25H,1-3,5-13,19H2,(H,20,21,22). The maximum Gasteiger partial charge on any atom is 0.157 e. The molecule has 1 aliphatic carbocycles. The maximum absolute atomic E-state index is 9.05. The molecule has 7 nitrogen and oxygen atoms in total. The van der Waals surface area contributed by atoms with Crippen molar-refractivity contribution in [3.8, 4) is 0 Å². The molecule has 1 aromatic heterocycles. The number of anilines is 3. The molecule has 0 spiro atoms. The number of nitrogens with zero attached hydrogens (tertiary/aromatic N) is 4. The summed E-state index contributed by atoms with van der Waals surface area (Å²) < 4.78 is 0. The zero-order chi connectivity index (χ0) is 17.5. The highest BCUT2D eigenvalue weighted by atomic mass is 16.3. The second-order valence-electron chi connectivity index (χ2n) is 6.80. The lowest BCUT2D eigenvalue weighted by molar-refractivity contribution is 0.188. The summed E-state index contributed by atoms with van der Waals surface area (Å²) >= 11 is 0. The highest BCUT2D eigenvalue weighted by Crippen LogP contribution is 2.27. The van der Waals surface area contributed by atoms with Crippen LogP contribution in [0.5, 0.6) is 0 Å². The number of hydrogen-bond acceptors (Lipinski definition) is 7. The van der Waals surface area contributed by atoms with Crippen molar-refractivity contribution in [1.82, 2.24) is 14.9 Å². The molecule has 1 aromatic rings. The predicted molar refractivity (Wildman–Crippen MR) is 102 cm³/mol. The molecule has 2 heterocycles. The van der Waals surface area contributed by atoms with E-state index < -0.39 is 0 Å². The van der Waals surface area contributed by atoms with Crippen molar-refractivity contribution < 1.29 is 5.11 Å². The van der Waals surface area contributed by atoms with Gasteiger partial charge >= 0.3 is 0 Å². The lowest BCUT2D eigenvalue weighted by atomic mass is 9.97. The van der Waals surface area contributed by atoms with Crippen LogP contribution in [0.2, 0.25) is 0 Å². The second kappa shape index (κ2) is 9.01. The van der Waals surface area contributed by atoms with E-state index in [2.05, 4.69) is 31.2 Å². The summed E-state index contributed by atoms with van der Waals surface area (Å²) in [6.45, 7) is 5.37. The van der Waals surface area contributed by atoms with E-state index in [1.54, 1.807) is 11.9 Å². The van der Waals surface area contributed by atoms with E-state index in [0.29, 0.717) is 5.69 Å². The molecule has 0 unspecified atom stereocenters. The fourth-order valence-corrected chi connectivity index (χ4v) is 3.58. The second-order valence-corrected chi connectivity index (χ2v) is 6.80. The Labute approximate surface area is 149 Å². The monoisotopic (exact) mass is 346 g/mol. The van der Waals surface area contributed by atoms with Gasteiger partial charge in [-0.15, -0.1) is 0 Å². The van der Waals surface area contributed by atoms with E-state index in [1.165, 1.54) is 25.7 Å². The van der Waals surface area contributed by atoms with Crippen molar-refractivity contribution in [3.63, 3.8) is 0 Å².